The smallest absolute Gasteiger partial charge is 0.303 e. The highest BCUT2D eigenvalue weighted by molar-refractivity contribution is 5.66. The van der Waals surface area contributed by atoms with Crippen LogP contribution in [0.4, 0.5) is 0 Å². The largest absolute Gasteiger partial charge is 0.481 e. The topological polar surface area (TPSA) is 57.5 Å². The van der Waals surface area contributed by atoms with Crippen molar-refractivity contribution in [3.63, 3.8) is 0 Å². The van der Waals surface area contributed by atoms with Crippen LogP contribution in [0.2, 0.25) is 0 Å². The van der Waals surface area contributed by atoms with Crippen molar-refractivity contribution in [2.45, 2.75) is 103 Å². The Morgan fingerprint density at radius 3 is 1.43 bits per heavy atom. The van der Waals surface area contributed by atoms with Crippen LogP contribution in [-0.4, -0.2) is 22.8 Å². The minimum Gasteiger partial charge on any atom is -0.481 e. The van der Waals surface area contributed by atoms with Gasteiger partial charge in [-0.3, -0.25) is 4.79 Å². The number of allylic oxidation sites excluding steroid dienone is 2. The van der Waals surface area contributed by atoms with Crippen LogP contribution in [0.3, 0.4) is 0 Å². The molecule has 0 aromatic heterocycles. The van der Waals surface area contributed by atoms with E-state index in [0.717, 1.165) is 19.3 Å². The number of hydrogen-bond donors (Lipinski definition) is 2. The van der Waals surface area contributed by atoms with Crippen LogP contribution < -0.4 is 0 Å². The zero-order chi connectivity index (χ0) is 17.0. The summed E-state index contributed by atoms with van der Waals surface area (Å²) in [6.45, 7) is 0.344. The molecule has 0 radical (unpaired) electrons. The Bertz CT molecular complexity index is 274. The summed E-state index contributed by atoms with van der Waals surface area (Å²) >= 11 is 0. The Morgan fingerprint density at radius 2 is 1.00 bits per heavy atom. The van der Waals surface area contributed by atoms with E-state index in [1.807, 2.05) is 0 Å². The molecule has 136 valence electrons. The number of carboxylic acid groups (broad SMARTS) is 1. The Kier molecular flexibility index (Phi) is 18.5. The highest BCUT2D eigenvalue weighted by Crippen LogP contribution is 2.11. The van der Waals surface area contributed by atoms with Gasteiger partial charge in [-0.1, -0.05) is 69.9 Å². The first-order valence-electron chi connectivity index (χ1n) is 9.75. The van der Waals surface area contributed by atoms with E-state index in [4.69, 9.17) is 10.2 Å². The molecule has 2 N–H and O–H groups in total. The van der Waals surface area contributed by atoms with Crippen molar-refractivity contribution in [2.75, 3.05) is 6.61 Å². The van der Waals surface area contributed by atoms with Crippen molar-refractivity contribution in [2.24, 2.45) is 0 Å². The zero-order valence-electron chi connectivity index (χ0n) is 15.0. The predicted molar refractivity (Wildman–Crippen MR) is 97.7 cm³/mol. The molecule has 0 unspecified atom stereocenters. The molecule has 0 bridgehead atoms. The number of aliphatic hydroxyl groups excluding tert-OH is 1. The molecule has 3 nitrogen and oxygen atoms in total. The van der Waals surface area contributed by atoms with E-state index in [0.29, 0.717) is 13.0 Å². The molecule has 0 fully saturated rings. The van der Waals surface area contributed by atoms with E-state index < -0.39 is 5.97 Å². The first kappa shape index (κ1) is 22.2. The summed E-state index contributed by atoms with van der Waals surface area (Å²) in [7, 11) is 0. The highest BCUT2D eigenvalue weighted by Gasteiger charge is 1.96. The zero-order valence-corrected chi connectivity index (χ0v) is 15.0. The fourth-order valence-electron chi connectivity index (χ4n) is 2.74. The molecule has 0 atom stereocenters. The van der Waals surface area contributed by atoms with Gasteiger partial charge in [-0.25, -0.2) is 0 Å². The third-order valence-corrected chi connectivity index (χ3v) is 4.21. The van der Waals surface area contributed by atoms with Crippen LogP contribution in [0.15, 0.2) is 12.2 Å². The number of carboxylic acids is 1. The van der Waals surface area contributed by atoms with Crippen molar-refractivity contribution in [1.82, 2.24) is 0 Å². The SMILES string of the molecule is O=C(O)CCCCCCC/C=C\CCCCCCCCCCO. The van der Waals surface area contributed by atoms with Gasteiger partial charge >= 0.3 is 5.97 Å². The van der Waals surface area contributed by atoms with E-state index in [2.05, 4.69) is 12.2 Å². The normalized spacial score (nSPS) is 11.3. The maximum absolute atomic E-state index is 10.4. The van der Waals surface area contributed by atoms with Crippen molar-refractivity contribution in [3.05, 3.63) is 12.2 Å². The maximum atomic E-state index is 10.4. The van der Waals surface area contributed by atoms with Gasteiger partial charge in [-0.2, -0.15) is 0 Å². The lowest BCUT2D eigenvalue weighted by Crippen LogP contribution is -1.93. The van der Waals surface area contributed by atoms with Crippen LogP contribution in [0.25, 0.3) is 0 Å². The quantitative estimate of drug-likeness (QED) is 0.245. The molecule has 0 aromatic rings. The fourth-order valence-corrected chi connectivity index (χ4v) is 2.74. The predicted octanol–water partition coefficient (Wildman–Crippen LogP) is 5.86. The van der Waals surface area contributed by atoms with E-state index >= 15 is 0 Å². The maximum Gasteiger partial charge on any atom is 0.303 e. The minimum absolute atomic E-state index is 0.322. The first-order valence-corrected chi connectivity index (χ1v) is 9.75. The first-order chi connectivity index (χ1) is 11.3. The van der Waals surface area contributed by atoms with Gasteiger partial charge in [0.2, 0.25) is 0 Å². The summed E-state index contributed by atoms with van der Waals surface area (Å²) < 4.78 is 0. The molecule has 0 heterocycles. The van der Waals surface area contributed by atoms with Crippen LogP contribution in [0.5, 0.6) is 0 Å². The molecule has 0 spiro atoms. The lowest BCUT2D eigenvalue weighted by Gasteiger charge is -2.00. The summed E-state index contributed by atoms with van der Waals surface area (Å²) in [5.74, 6) is -0.672. The molecule has 23 heavy (non-hydrogen) atoms. The molecule has 0 saturated heterocycles. The molecule has 0 rings (SSSR count). The number of carbonyl (C=O) groups is 1. The van der Waals surface area contributed by atoms with Crippen molar-refractivity contribution in [1.29, 1.82) is 0 Å². The third kappa shape index (κ3) is 21.2. The second kappa shape index (κ2) is 19.2. The van der Waals surface area contributed by atoms with Gasteiger partial charge in [0.15, 0.2) is 0 Å². The molecule has 0 aliphatic carbocycles. The molecule has 0 aliphatic heterocycles. The van der Waals surface area contributed by atoms with Gasteiger partial charge in [0.25, 0.3) is 0 Å². The average molecular weight is 327 g/mol. The van der Waals surface area contributed by atoms with Crippen molar-refractivity contribution in [3.8, 4) is 0 Å². The standard InChI is InChI=1S/C20H38O3/c21-19-17-15-13-11-9-7-5-3-1-2-4-6-8-10-12-14-16-18-20(22)23/h2,4,21H,1,3,5-19H2,(H,22,23)/b4-2-. The van der Waals surface area contributed by atoms with Crippen LogP contribution >= 0.6 is 0 Å². The number of aliphatic hydroxyl groups is 1. The molecule has 0 aromatic carbocycles. The highest BCUT2D eigenvalue weighted by atomic mass is 16.4. The van der Waals surface area contributed by atoms with Crippen LogP contribution in [0, 0.1) is 0 Å². The molecule has 0 aliphatic rings. The van der Waals surface area contributed by atoms with Gasteiger partial charge < -0.3 is 10.2 Å². The van der Waals surface area contributed by atoms with Crippen LogP contribution in [0.1, 0.15) is 103 Å². The Morgan fingerprint density at radius 1 is 0.609 bits per heavy atom. The Balaban J connectivity index is 3.07. The number of rotatable bonds is 18. The molecule has 3 heteroatoms. The van der Waals surface area contributed by atoms with E-state index in [9.17, 15) is 4.79 Å². The summed E-state index contributed by atoms with van der Waals surface area (Å²) in [6, 6.07) is 0. The fraction of sp³-hybridized carbons (Fsp3) is 0.850. The van der Waals surface area contributed by atoms with Crippen LogP contribution in [-0.2, 0) is 4.79 Å². The van der Waals surface area contributed by atoms with Gasteiger partial charge in [0.05, 0.1) is 0 Å². The van der Waals surface area contributed by atoms with Gasteiger partial charge in [0.1, 0.15) is 0 Å². The van der Waals surface area contributed by atoms with E-state index in [1.165, 1.54) is 77.0 Å². The lowest BCUT2D eigenvalue weighted by atomic mass is 10.1. The summed E-state index contributed by atoms with van der Waals surface area (Å²) in [5, 5.41) is 17.2. The number of aliphatic carboxylic acids is 1. The van der Waals surface area contributed by atoms with Gasteiger partial charge in [-0.15, -0.1) is 0 Å². The average Bonchev–Trinajstić information content (AvgIpc) is 2.53. The second-order valence-electron chi connectivity index (χ2n) is 6.51. The summed E-state index contributed by atoms with van der Waals surface area (Å²) in [4.78, 5) is 10.4. The van der Waals surface area contributed by atoms with Gasteiger partial charge in [0, 0.05) is 13.0 Å². The Labute approximate surface area is 143 Å². The van der Waals surface area contributed by atoms with E-state index in [-0.39, 0.29) is 0 Å². The molecular formula is C20H38O3. The van der Waals surface area contributed by atoms with Gasteiger partial charge in [-0.05, 0) is 38.5 Å². The minimum atomic E-state index is -0.672. The Hall–Kier alpha value is -0.830. The number of unbranched alkanes of at least 4 members (excludes halogenated alkanes) is 13. The number of hydrogen-bond acceptors (Lipinski definition) is 2. The summed E-state index contributed by atoms with van der Waals surface area (Å²) in [6.07, 6.45) is 22.9. The van der Waals surface area contributed by atoms with Crippen molar-refractivity contribution >= 4 is 5.97 Å². The monoisotopic (exact) mass is 326 g/mol. The molecule has 0 amide bonds. The van der Waals surface area contributed by atoms with Crippen molar-refractivity contribution < 1.29 is 15.0 Å². The second-order valence-corrected chi connectivity index (χ2v) is 6.51. The molecular weight excluding hydrogens is 288 g/mol. The molecule has 0 saturated carbocycles. The lowest BCUT2D eigenvalue weighted by molar-refractivity contribution is -0.137. The summed E-state index contributed by atoms with van der Waals surface area (Å²) in [5.41, 5.74) is 0. The third-order valence-electron chi connectivity index (χ3n) is 4.21. The van der Waals surface area contributed by atoms with E-state index in [1.54, 1.807) is 0 Å².